The van der Waals surface area contributed by atoms with Crippen LogP contribution in [0, 0.1) is 18.7 Å². The molecule has 3 nitrogen and oxygen atoms in total. The van der Waals surface area contributed by atoms with E-state index in [-0.39, 0.29) is 11.3 Å². The Morgan fingerprint density at radius 2 is 2.25 bits per heavy atom. The SMILES string of the molecule is Cc1cc(C(=O)NCC2CC2)c(F)cc1O. The van der Waals surface area contributed by atoms with E-state index in [0.717, 1.165) is 18.9 Å². The molecule has 2 rings (SSSR count). The van der Waals surface area contributed by atoms with Crippen LogP contribution in [0.2, 0.25) is 0 Å². The minimum Gasteiger partial charge on any atom is -0.508 e. The summed E-state index contributed by atoms with van der Waals surface area (Å²) in [6, 6.07) is 2.34. The fraction of sp³-hybridized carbons (Fsp3) is 0.417. The number of hydrogen-bond donors (Lipinski definition) is 2. The van der Waals surface area contributed by atoms with Crippen LogP contribution in [0.15, 0.2) is 12.1 Å². The number of amides is 1. The zero-order chi connectivity index (χ0) is 11.7. The van der Waals surface area contributed by atoms with E-state index in [0.29, 0.717) is 18.0 Å². The number of phenols is 1. The smallest absolute Gasteiger partial charge is 0.254 e. The van der Waals surface area contributed by atoms with Gasteiger partial charge in [-0.25, -0.2) is 4.39 Å². The quantitative estimate of drug-likeness (QED) is 0.823. The average Bonchev–Trinajstić information content (AvgIpc) is 3.03. The molecule has 1 aromatic carbocycles. The number of aryl methyl sites for hydroxylation is 1. The molecule has 16 heavy (non-hydrogen) atoms. The average molecular weight is 223 g/mol. The molecule has 1 aliphatic carbocycles. The van der Waals surface area contributed by atoms with Gasteiger partial charge in [0, 0.05) is 12.6 Å². The molecule has 0 bridgehead atoms. The number of rotatable bonds is 3. The van der Waals surface area contributed by atoms with Crippen molar-refractivity contribution in [2.45, 2.75) is 19.8 Å². The van der Waals surface area contributed by atoms with Gasteiger partial charge in [-0.1, -0.05) is 0 Å². The molecule has 0 heterocycles. The van der Waals surface area contributed by atoms with Gasteiger partial charge in [-0.05, 0) is 37.3 Å². The number of hydrogen-bond acceptors (Lipinski definition) is 2. The summed E-state index contributed by atoms with van der Waals surface area (Å²) in [6.45, 7) is 2.24. The van der Waals surface area contributed by atoms with Crippen LogP contribution in [0.25, 0.3) is 0 Å². The Hall–Kier alpha value is -1.58. The highest BCUT2D eigenvalue weighted by Gasteiger charge is 2.22. The number of phenolic OH excluding ortho intramolecular Hbond substituents is 1. The fourth-order valence-electron chi connectivity index (χ4n) is 1.50. The number of nitrogens with one attached hydrogen (secondary N) is 1. The predicted octanol–water partition coefficient (Wildman–Crippen LogP) is 1.98. The third-order valence-corrected chi connectivity index (χ3v) is 2.78. The highest BCUT2D eigenvalue weighted by molar-refractivity contribution is 5.94. The first-order valence-electron chi connectivity index (χ1n) is 5.35. The third kappa shape index (κ3) is 2.32. The molecule has 86 valence electrons. The lowest BCUT2D eigenvalue weighted by molar-refractivity contribution is 0.0947. The molecule has 0 atom stereocenters. The number of carbonyl (C=O) groups excluding carboxylic acids is 1. The Balaban J connectivity index is 2.11. The number of benzene rings is 1. The lowest BCUT2D eigenvalue weighted by Crippen LogP contribution is -2.26. The summed E-state index contributed by atoms with van der Waals surface area (Å²) in [6.07, 6.45) is 2.27. The largest absolute Gasteiger partial charge is 0.508 e. The van der Waals surface area contributed by atoms with Crippen LogP contribution in [0.1, 0.15) is 28.8 Å². The maximum Gasteiger partial charge on any atom is 0.254 e. The van der Waals surface area contributed by atoms with Gasteiger partial charge in [0.15, 0.2) is 0 Å². The normalized spacial score (nSPS) is 14.9. The summed E-state index contributed by atoms with van der Waals surface area (Å²) in [7, 11) is 0. The van der Waals surface area contributed by atoms with Crippen molar-refractivity contribution < 1.29 is 14.3 Å². The molecule has 1 aromatic rings. The van der Waals surface area contributed by atoms with Gasteiger partial charge in [0.2, 0.25) is 0 Å². The van der Waals surface area contributed by atoms with Gasteiger partial charge in [0.1, 0.15) is 11.6 Å². The summed E-state index contributed by atoms with van der Waals surface area (Å²) in [5, 5.41) is 12.0. The van der Waals surface area contributed by atoms with Crippen LogP contribution < -0.4 is 5.32 Å². The molecule has 4 heteroatoms. The molecular formula is C12H14FNO2. The molecule has 1 fully saturated rings. The standard InChI is InChI=1S/C12H14FNO2/c1-7-4-9(10(13)5-11(7)15)12(16)14-6-8-2-3-8/h4-5,8,15H,2-3,6H2,1H3,(H,14,16). The van der Waals surface area contributed by atoms with Crippen LogP contribution in [-0.2, 0) is 0 Å². The first-order chi connectivity index (χ1) is 7.58. The molecule has 0 unspecified atom stereocenters. The maximum absolute atomic E-state index is 13.4. The van der Waals surface area contributed by atoms with Gasteiger partial charge in [-0.15, -0.1) is 0 Å². The van der Waals surface area contributed by atoms with Gasteiger partial charge in [-0.3, -0.25) is 4.79 Å². The van der Waals surface area contributed by atoms with E-state index in [9.17, 15) is 14.3 Å². The van der Waals surface area contributed by atoms with Gasteiger partial charge < -0.3 is 10.4 Å². The highest BCUT2D eigenvalue weighted by Crippen LogP contribution is 2.28. The Bertz CT molecular complexity index is 427. The molecule has 1 amide bonds. The van der Waals surface area contributed by atoms with E-state index in [4.69, 9.17) is 0 Å². The molecule has 1 aliphatic rings. The van der Waals surface area contributed by atoms with E-state index < -0.39 is 11.7 Å². The number of carbonyl (C=O) groups is 1. The van der Waals surface area contributed by atoms with Crippen LogP contribution in [0.5, 0.6) is 5.75 Å². The summed E-state index contributed by atoms with van der Waals surface area (Å²) < 4.78 is 13.4. The molecular weight excluding hydrogens is 209 g/mol. The fourth-order valence-corrected chi connectivity index (χ4v) is 1.50. The van der Waals surface area contributed by atoms with Crippen molar-refractivity contribution in [2.24, 2.45) is 5.92 Å². The summed E-state index contributed by atoms with van der Waals surface area (Å²) >= 11 is 0. The van der Waals surface area contributed by atoms with Gasteiger partial charge >= 0.3 is 0 Å². The highest BCUT2D eigenvalue weighted by atomic mass is 19.1. The van der Waals surface area contributed by atoms with Crippen molar-refractivity contribution in [2.75, 3.05) is 6.54 Å². The predicted molar refractivity (Wildman–Crippen MR) is 57.9 cm³/mol. The Kier molecular flexibility index (Phi) is 2.81. The van der Waals surface area contributed by atoms with E-state index in [1.807, 2.05) is 0 Å². The van der Waals surface area contributed by atoms with Crippen LogP contribution in [-0.4, -0.2) is 17.6 Å². The monoisotopic (exact) mass is 223 g/mol. The van der Waals surface area contributed by atoms with Gasteiger partial charge in [0.25, 0.3) is 5.91 Å². The van der Waals surface area contributed by atoms with Gasteiger partial charge in [-0.2, -0.15) is 0 Å². The van der Waals surface area contributed by atoms with E-state index in [1.165, 1.54) is 6.07 Å². The molecule has 2 N–H and O–H groups in total. The Labute approximate surface area is 93.3 Å². The van der Waals surface area contributed by atoms with Crippen molar-refractivity contribution in [3.63, 3.8) is 0 Å². The minimum absolute atomic E-state index is 0.00375. The van der Waals surface area contributed by atoms with Gasteiger partial charge in [0.05, 0.1) is 5.56 Å². The molecule has 0 saturated heterocycles. The first kappa shape index (κ1) is 10.9. The second kappa shape index (κ2) is 4.12. The van der Waals surface area contributed by atoms with Crippen LogP contribution >= 0.6 is 0 Å². The summed E-state index contributed by atoms with van der Waals surface area (Å²) in [5.74, 6) is -0.662. The number of halogens is 1. The molecule has 0 spiro atoms. The lowest BCUT2D eigenvalue weighted by Gasteiger charge is -2.07. The van der Waals surface area contributed by atoms with Crippen molar-refractivity contribution in [1.29, 1.82) is 0 Å². The molecule has 1 saturated carbocycles. The second-order valence-corrected chi connectivity index (χ2v) is 4.27. The molecule has 0 aliphatic heterocycles. The third-order valence-electron chi connectivity index (χ3n) is 2.78. The van der Waals surface area contributed by atoms with E-state index in [1.54, 1.807) is 6.92 Å². The topological polar surface area (TPSA) is 49.3 Å². The second-order valence-electron chi connectivity index (χ2n) is 4.27. The van der Waals surface area contributed by atoms with Crippen LogP contribution in [0.3, 0.4) is 0 Å². The summed E-state index contributed by atoms with van der Waals surface area (Å²) in [4.78, 5) is 11.6. The van der Waals surface area contributed by atoms with E-state index in [2.05, 4.69) is 5.32 Å². The van der Waals surface area contributed by atoms with Crippen molar-refractivity contribution in [3.05, 3.63) is 29.1 Å². The zero-order valence-electron chi connectivity index (χ0n) is 9.09. The zero-order valence-corrected chi connectivity index (χ0v) is 9.09. The Morgan fingerprint density at radius 3 is 2.88 bits per heavy atom. The van der Waals surface area contributed by atoms with Crippen molar-refractivity contribution in [1.82, 2.24) is 5.32 Å². The lowest BCUT2D eigenvalue weighted by atomic mass is 10.1. The number of aromatic hydroxyl groups is 1. The summed E-state index contributed by atoms with van der Waals surface area (Å²) in [5.41, 5.74) is 0.494. The first-order valence-corrected chi connectivity index (χ1v) is 5.35. The minimum atomic E-state index is -0.684. The maximum atomic E-state index is 13.4. The van der Waals surface area contributed by atoms with Crippen LogP contribution in [0.4, 0.5) is 4.39 Å². The molecule has 0 aromatic heterocycles. The Morgan fingerprint density at radius 1 is 1.56 bits per heavy atom. The van der Waals surface area contributed by atoms with Crippen molar-refractivity contribution in [3.8, 4) is 5.75 Å². The van der Waals surface area contributed by atoms with Crippen molar-refractivity contribution >= 4 is 5.91 Å². The van der Waals surface area contributed by atoms with E-state index >= 15 is 0 Å². The molecule has 0 radical (unpaired) electrons.